The molecule has 178 valence electrons. The van der Waals surface area contributed by atoms with Gasteiger partial charge in [-0.3, -0.25) is 4.90 Å². The highest BCUT2D eigenvalue weighted by Crippen LogP contribution is 2.44. The molecule has 0 radical (unpaired) electrons. The van der Waals surface area contributed by atoms with E-state index in [4.69, 9.17) is 15.2 Å². The number of carboxylic acids is 2. The topological polar surface area (TPSA) is 180 Å². The van der Waals surface area contributed by atoms with Gasteiger partial charge in [0, 0.05) is 0 Å². The molecule has 0 saturated carbocycles. The summed E-state index contributed by atoms with van der Waals surface area (Å²) in [6, 6.07) is 13.3. The Morgan fingerprint density at radius 3 is 2.11 bits per heavy atom. The van der Waals surface area contributed by atoms with Crippen molar-refractivity contribution in [3.8, 4) is 6.07 Å². The van der Waals surface area contributed by atoms with Gasteiger partial charge in [-0.1, -0.05) is 30.3 Å². The fraction of sp³-hybridized carbons (Fsp3) is 0.125. The molecule has 2 aromatic rings. The van der Waals surface area contributed by atoms with Crippen molar-refractivity contribution < 1.29 is 38.9 Å². The molecule has 4 N–H and O–H groups in total. The van der Waals surface area contributed by atoms with Gasteiger partial charge in [-0.25, -0.2) is 19.2 Å². The molecule has 0 fully saturated rings. The Labute approximate surface area is 198 Å². The first-order valence-electron chi connectivity index (χ1n) is 9.94. The minimum Gasteiger partial charge on any atom is -0.478 e. The second kappa shape index (κ2) is 9.80. The minimum atomic E-state index is -1.54. The first-order chi connectivity index (χ1) is 16.7. The number of anilines is 1. The van der Waals surface area contributed by atoms with Crippen molar-refractivity contribution >= 4 is 29.6 Å². The number of esters is 2. The van der Waals surface area contributed by atoms with Crippen LogP contribution in [-0.2, 0) is 19.1 Å². The zero-order valence-corrected chi connectivity index (χ0v) is 18.5. The number of carboxylic acid groups (broad SMARTS) is 2. The third kappa shape index (κ3) is 4.28. The van der Waals surface area contributed by atoms with Crippen LogP contribution in [0.3, 0.4) is 0 Å². The summed E-state index contributed by atoms with van der Waals surface area (Å²) in [4.78, 5) is 50.4. The fourth-order valence-electron chi connectivity index (χ4n) is 3.80. The normalized spacial score (nSPS) is 15.3. The number of methoxy groups -OCH3 is 2. The van der Waals surface area contributed by atoms with Gasteiger partial charge in [-0.05, 0) is 23.8 Å². The Balaban J connectivity index is 2.48. The second-order valence-corrected chi connectivity index (χ2v) is 7.18. The molecule has 1 aliphatic heterocycles. The van der Waals surface area contributed by atoms with E-state index in [0.29, 0.717) is 5.56 Å². The largest absolute Gasteiger partial charge is 0.478 e. The van der Waals surface area contributed by atoms with Gasteiger partial charge in [0.25, 0.3) is 0 Å². The van der Waals surface area contributed by atoms with E-state index in [0.717, 1.165) is 37.3 Å². The number of hydrogen-bond acceptors (Lipinski definition) is 9. The molecule has 1 atom stereocenters. The lowest BCUT2D eigenvalue weighted by Crippen LogP contribution is -2.41. The van der Waals surface area contributed by atoms with Gasteiger partial charge >= 0.3 is 23.9 Å². The van der Waals surface area contributed by atoms with Crippen LogP contribution in [0, 0.1) is 11.3 Å². The number of aromatic carboxylic acids is 2. The van der Waals surface area contributed by atoms with Gasteiger partial charge in [0.2, 0.25) is 0 Å². The molecule has 11 heteroatoms. The van der Waals surface area contributed by atoms with Crippen LogP contribution in [0.4, 0.5) is 5.69 Å². The lowest BCUT2D eigenvalue weighted by atomic mass is 9.80. The molecule has 1 aliphatic rings. The van der Waals surface area contributed by atoms with Crippen LogP contribution in [0.25, 0.3) is 0 Å². The van der Waals surface area contributed by atoms with E-state index in [1.807, 2.05) is 6.07 Å². The van der Waals surface area contributed by atoms with Crippen molar-refractivity contribution in [2.45, 2.75) is 5.92 Å². The summed E-state index contributed by atoms with van der Waals surface area (Å²) < 4.78 is 9.79. The molecular weight excluding hydrogens is 458 g/mol. The van der Waals surface area contributed by atoms with Gasteiger partial charge in [-0.15, -0.1) is 0 Å². The van der Waals surface area contributed by atoms with Crippen molar-refractivity contribution in [3.63, 3.8) is 0 Å². The summed E-state index contributed by atoms with van der Waals surface area (Å²) in [6.45, 7) is 0. The molecule has 2 aromatic carbocycles. The number of carbonyl (C=O) groups is 4. The van der Waals surface area contributed by atoms with E-state index < -0.39 is 41.1 Å². The highest BCUT2D eigenvalue weighted by atomic mass is 16.5. The molecule has 3 rings (SSSR count). The van der Waals surface area contributed by atoms with E-state index in [9.17, 15) is 34.7 Å². The van der Waals surface area contributed by atoms with E-state index in [1.54, 1.807) is 30.3 Å². The van der Waals surface area contributed by atoms with E-state index >= 15 is 0 Å². The Morgan fingerprint density at radius 2 is 1.60 bits per heavy atom. The molecule has 0 saturated heterocycles. The lowest BCUT2D eigenvalue weighted by Gasteiger charge is -2.36. The monoisotopic (exact) mass is 477 g/mol. The highest BCUT2D eigenvalue weighted by Gasteiger charge is 2.43. The van der Waals surface area contributed by atoms with E-state index in [-0.39, 0.29) is 28.2 Å². The minimum absolute atomic E-state index is 0.164. The smallest absolute Gasteiger partial charge is 0.355 e. The number of nitrogens with zero attached hydrogens (tertiary/aromatic N) is 2. The summed E-state index contributed by atoms with van der Waals surface area (Å²) in [6.07, 6.45) is 0. The number of hydrogen-bond donors (Lipinski definition) is 3. The Kier molecular flexibility index (Phi) is 6.87. The Bertz CT molecular complexity index is 1340. The number of rotatable bonds is 6. The highest BCUT2D eigenvalue weighted by molar-refractivity contribution is 6.08. The molecule has 0 amide bonds. The fourth-order valence-corrected chi connectivity index (χ4v) is 3.80. The van der Waals surface area contributed by atoms with Crippen LogP contribution in [0.2, 0.25) is 0 Å². The first-order valence-corrected chi connectivity index (χ1v) is 9.94. The molecule has 1 unspecified atom stereocenters. The van der Waals surface area contributed by atoms with Gasteiger partial charge < -0.3 is 25.4 Å². The average molecular weight is 477 g/mol. The maximum absolute atomic E-state index is 13.0. The standard InChI is InChI=1S/C24H19N3O8/c1-34-23(32)18-17(12-6-4-3-5-7-12)15(11-25)20(26)27(19(18)24(33)35-2)16-9-8-13(21(28)29)10-14(16)22(30)31/h3-10,17H,26H2,1-2H3,(H,28,29)(H,30,31). The van der Waals surface area contributed by atoms with Crippen molar-refractivity contribution in [2.75, 3.05) is 19.1 Å². The van der Waals surface area contributed by atoms with Crippen molar-refractivity contribution in [1.82, 2.24) is 0 Å². The molecule has 0 spiro atoms. The molecule has 1 heterocycles. The van der Waals surface area contributed by atoms with Gasteiger partial charge in [-0.2, -0.15) is 5.26 Å². The average Bonchev–Trinajstić information content (AvgIpc) is 2.86. The number of nitriles is 1. The third-order valence-electron chi connectivity index (χ3n) is 5.33. The van der Waals surface area contributed by atoms with E-state index in [2.05, 4.69) is 0 Å². The van der Waals surface area contributed by atoms with Crippen LogP contribution < -0.4 is 10.6 Å². The van der Waals surface area contributed by atoms with Crippen molar-refractivity contribution in [1.29, 1.82) is 5.26 Å². The molecule has 0 bridgehead atoms. The summed E-state index contributed by atoms with van der Waals surface area (Å²) in [5.41, 5.74) is 4.66. The number of ether oxygens (including phenoxy) is 2. The zero-order chi connectivity index (χ0) is 25.9. The molecule has 0 aliphatic carbocycles. The Hall–Kier alpha value is -5.11. The predicted molar refractivity (Wildman–Crippen MR) is 120 cm³/mol. The van der Waals surface area contributed by atoms with Gasteiger partial charge in [0.05, 0.1) is 54.2 Å². The maximum atomic E-state index is 13.0. The van der Waals surface area contributed by atoms with Crippen LogP contribution in [0.1, 0.15) is 32.2 Å². The van der Waals surface area contributed by atoms with Crippen molar-refractivity contribution in [3.05, 3.63) is 87.9 Å². The maximum Gasteiger partial charge on any atom is 0.355 e. The van der Waals surface area contributed by atoms with Crippen LogP contribution in [-0.4, -0.2) is 48.3 Å². The van der Waals surface area contributed by atoms with Crippen LogP contribution >= 0.6 is 0 Å². The molecule has 35 heavy (non-hydrogen) atoms. The predicted octanol–water partition coefficient (Wildman–Crippen LogP) is 1.98. The number of benzene rings is 2. The summed E-state index contributed by atoms with van der Waals surface area (Å²) in [5.74, 6) is -6.45. The molecular formula is C24H19N3O8. The molecule has 0 aromatic heterocycles. The Morgan fingerprint density at radius 1 is 0.971 bits per heavy atom. The third-order valence-corrected chi connectivity index (χ3v) is 5.33. The van der Waals surface area contributed by atoms with Gasteiger partial charge in [0.15, 0.2) is 0 Å². The summed E-state index contributed by atoms with van der Waals surface area (Å²) in [7, 11) is 2.12. The lowest BCUT2D eigenvalue weighted by molar-refractivity contribution is -0.139. The van der Waals surface area contributed by atoms with Gasteiger partial charge in [0.1, 0.15) is 11.5 Å². The summed E-state index contributed by atoms with van der Waals surface area (Å²) >= 11 is 0. The zero-order valence-electron chi connectivity index (χ0n) is 18.5. The van der Waals surface area contributed by atoms with Crippen molar-refractivity contribution in [2.24, 2.45) is 5.73 Å². The number of carbonyl (C=O) groups excluding carboxylic acids is 2. The van der Waals surface area contributed by atoms with Crippen LogP contribution in [0.15, 0.2) is 71.2 Å². The second-order valence-electron chi connectivity index (χ2n) is 7.18. The quantitative estimate of drug-likeness (QED) is 0.518. The molecule has 11 nitrogen and oxygen atoms in total. The summed E-state index contributed by atoms with van der Waals surface area (Å²) in [5, 5.41) is 29.1. The van der Waals surface area contributed by atoms with Crippen LogP contribution in [0.5, 0.6) is 0 Å². The number of allylic oxidation sites excluding steroid dienone is 1. The van der Waals surface area contributed by atoms with E-state index in [1.165, 1.54) is 0 Å². The first kappa shape index (κ1) is 24.5. The number of nitrogens with two attached hydrogens (primary N) is 1. The SMILES string of the molecule is COC(=O)C1=C(C(=O)OC)N(c2ccc(C(=O)O)cc2C(=O)O)C(N)=C(C#N)C1c1ccccc1.